The van der Waals surface area contributed by atoms with Crippen LogP contribution in [-0.2, 0) is 4.79 Å². The van der Waals surface area contributed by atoms with E-state index in [1.807, 2.05) is 26.0 Å². The average molecular weight is 222 g/mol. The van der Waals surface area contributed by atoms with Gasteiger partial charge in [0.1, 0.15) is 5.75 Å². The van der Waals surface area contributed by atoms with Gasteiger partial charge < -0.3 is 15.8 Å². The summed E-state index contributed by atoms with van der Waals surface area (Å²) in [5.41, 5.74) is 8.19. The Balaban J connectivity index is 2.90. The summed E-state index contributed by atoms with van der Waals surface area (Å²) < 4.78 is 5.20. The number of nitrogens with one attached hydrogen (secondary N) is 1. The lowest BCUT2D eigenvalue weighted by molar-refractivity contribution is -0.116. The Labute approximate surface area is 95.8 Å². The Morgan fingerprint density at radius 3 is 2.62 bits per heavy atom. The molecule has 0 saturated heterocycles. The maximum absolute atomic E-state index is 11.4. The molecule has 4 nitrogen and oxygen atoms in total. The Morgan fingerprint density at radius 1 is 1.38 bits per heavy atom. The summed E-state index contributed by atoms with van der Waals surface area (Å²) >= 11 is 0. The molecule has 0 fully saturated rings. The zero-order valence-corrected chi connectivity index (χ0v) is 9.96. The van der Waals surface area contributed by atoms with Crippen molar-refractivity contribution < 1.29 is 9.53 Å². The first-order valence-electron chi connectivity index (χ1n) is 5.24. The fraction of sp³-hybridized carbons (Fsp3) is 0.417. The van der Waals surface area contributed by atoms with Crippen LogP contribution in [0.4, 0.5) is 5.69 Å². The lowest BCUT2D eigenvalue weighted by atomic mass is 10.1. The molecule has 4 heteroatoms. The van der Waals surface area contributed by atoms with Crippen LogP contribution >= 0.6 is 0 Å². The molecule has 1 aromatic rings. The summed E-state index contributed by atoms with van der Waals surface area (Å²) in [6.45, 7) is 4.28. The van der Waals surface area contributed by atoms with Crippen LogP contribution in [0.2, 0.25) is 0 Å². The van der Waals surface area contributed by atoms with E-state index in [-0.39, 0.29) is 5.91 Å². The number of anilines is 1. The SMILES string of the molecule is COc1ccc(NC(=O)CCN)c(C)c1C. The molecule has 0 bridgehead atoms. The van der Waals surface area contributed by atoms with Gasteiger partial charge in [-0.25, -0.2) is 0 Å². The standard InChI is InChI=1S/C12H18N2O2/c1-8-9(2)11(16-3)5-4-10(8)14-12(15)6-7-13/h4-5H,6-7,13H2,1-3H3,(H,14,15). The van der Waals surface area contributed by atoms with Gasteiger partial charge in [0, 0.05) is 18.7 Å². The zero-order valence-electron chi connectivity index (χ0n) is 9.96. The van der Waals surface area contributed by atoms with Crippen LogP contribution in [0.3, 0.4) is 0 Å². The highest BCUT2D eigenvalue weighted by Crippen LogP contribution is 2.27. The number of rotatable bonds is 4. The van der Waals surface area contributed by atoms with E-state index in [1.165, 1.54) is 0 Å². The first-order valence-corrected chi connectivity index (χ1v) is 5.24. The topological polar surface area (TPSA) is 64.3 Å². The second-order valence-corrected chi connectivity index (χ2v) is 3.65. The molecule has 0 radical (unpaired) electrons. The Kier molecular flexibility index (Phi) is 4.31. The van der Waals surface area contributed by atoms with Gasteiger partial charge in [0.25, 0.3) is 0 Å². The van der Waals surface area contributed by atoms with Crippen molar-refractivity contribution in [3.63, 3.8) is 0 Å². The number of nitrogens with two attached hydrogens (primary N) is 1. The molecule has 0 aliphatic carbocycles. The van der Waals surface area contributed by atoms with Crippen LogP contribution in [0, 0.1) is 13.8 Å². The van der Waals surface area contributed by atoms with Gasteiger partial charge in [0.05, 0.1) is 7.11 Å². The van der Waals surface area contributed by atoms with Gasteiger partial charge in [-0.05, 0) is 37.1 Å². The molecule has 1 aromatic carbocycles. The highest BCUT2D eigenvalue weighted by atomic mass is 16.5. The normalized spacial score (nSPS) is 10.0. The number of carbonyl (C=O) groups is 1. The Bertz CT molecular complexity index is 389. The number of carbonyl (C=O) groups excluding carboxylic acids is 1. The summed E-state index contributed by atoms with van der Waals surface area (Å²) in [4.78, 5) is 11.4. The second-order valence-electron chi connectivity index (χ2n) is 3.65. The number of methoxy groups -OCH3 is 1. The van der Waals surface area contributed by atoms with E-state index in [9.17, 15) is 4.79 Å². The van der Waals surface area contributed by atoms with Crippen molar-refractivity contribution in [2.45, 2.75) is 20.3 Å². The molecule has 3 N–H and O–H groups in total. The number of hydrogen-bond acceptors (Lipinski definition) is 3. The Morgan fingerprint density at radius 2 is 2.06 bits per heavy atom. The molecule has 0 aliphatic rings. The maximum Gasteiger partial charge on any atom is 0.225 e. The molecular weight excluding hydrogens is 204 g/mol. The summed E-state index contributed by atoms with van der Waals surface area (Å²) in [6, 6.07) is 3.69. The van der Waals surface area contributed by atoms with E-state index >= 15 is 0 Å². The largest absolute Gasteiger partial charge is 0.496 e. The number of amides is 1. The highest BCUT2D eigenvalue weighted by molar-refractivity contribution is 5.91. The molecule has 0 atom stereocenters. The lowest BCUT2D eigenvalue weighted by Crippen LogP contribution is -2.17. The fourth-order valence-electron chi connectivity index (χ4n) is 1.50. The van der Waals surface area contributed by atoms with Gasteiger partial charge in [-0.15, -0.1) is 0 Å². The van der Waals surface area contributed by atoms with Crippen molar-refractivity contribution in [1.29, 1.82) is 0 Å². The fourth-order valence-corrected chi connectivity index (χ4v) is 1.50. The van der Waals surface area contributed by atoms with E-state index in [1.54, 1.807) is 7.11 Å². The van der Waals surface area contributed by atoms with Crippen LogP contribution < -0.4 is 15.8 Å². The summed E-state index contributed by atoms with van der Waals surface area (Å²) in [6.07, 6.45) is 0.338. The van der Waals surface area contributed by atoms with Crippen LogP contribution in [0.1, 0.15) is 17.5 Å². The quantitative estimate of drug-likeness (QED) is 0.813. The molecule has 1 rings (SSSR count). The predicted molar refractivity (Wildman–Crippen MR) is 64.8 cm³/mol. The van der Waals surface area contributed by atoms with Crippen molar-refractivity contribution in [2.24, 2.45) is 5.73 Å². The third-order valence-corrected chi connectivity index (χ3v) is 2.60. The monoisotopic (exact) mass is 222 g/mol. The van der Waals surface area contributed by atoms with E-state index < -0.39 is 0 Å². The van der Waals surface area contributed by atoms with E-state index in [2.05, 4.69) is 5.32 Å². The van der Waals surface area contributed by atoms with Crippen molar-refractivity contribution >= 4 is 11.6 Å². The molecule has 0 heterocycles. The minimum Gasteiger partial charge on any atom is -0.496 e. The molecule has 0 unspecified atom stereocenters. The molecule has 0 saturated carbocycles. The van der Waals surface area contributed by atoms with Crippen molar-refractivity contribution in [1.82, 2.24) is 0 Å². The molecule has 1 amide bonds. The first kappa shape index (κ1) is 12.5. The summed E-state index contributed by atoms with van der Waals surface area (Å²) in [7, 11) is 1.63. The van der Waals surface area contributed by atoms with Gasteiger partial charge in [-0.2, -0.15) is 0 Å². The summed E-state index contributed by atoms with van der Waals surface area (Å²) in [5, 5.41) is 2.83. The first-order chi connectivity index (χ1) is 7.60. The number of hydrogen-bond donors (Lipinski definition) is 2. The molecule has 88 valence electrons. The minimum atomic E-state index is -0.0600. The van der Waals surface area contributed by atoms with Crippen molar-refractivity contribution in [3.05, 3.63) is 23.3 Å². The van der Waals surface area contributed by atoms with Gasteiger partial charge >= 0.3 is 0 Å². The molecular formula is C12H18N2O2. The third-order valence-electron chi connectivity index (χ3n) is 2.60. The van der Waals surface area contributed by atoms with Crippen LogP contribution in [0.15, 0.2) is 12.1 Å². The highest BCUT2D eigenvalue weighted by Gasteiger charge is 2.08. The number of benzene rings is 1. The van der Waals surface area contributed by atoms with Gasteiger partial charge in [-0.3, -0.25) is 4.79 Å². The van der Waals surface area contributed by atoms with E-state index in [0.717, 1.165) is 22.6 Å². The third kappa shape index (κ3) is 2.73. The van der Waals surface area contributed by atoms with Crippen LogP contribution in [-0.4, -0.2) is 19.6 Å². The van der Waals surface area contributed by atoms with Crippen LogP contribution in [0.25, 0.3) is 0 Å². The van der Waals surface area contributed by atoms with Gasteiger partial charge in [0.2, 0.25) is 5.91 Å². The maximum atomic E-state index is 11.4. The number of ether oxygens (including phenoxy) is 1. The van der Waals surface area contributed by atoms with Crippen molar-refractivity contribution in [2.75, 3.05) is 19.0 Å². The van der Waals surface area contributed by atoms with Gasteiger partial charge in [0.15, 0.2) is 0 Å². The van der Waals surface area contributed by atoms with Crippen molar-refractivity contribution in [3.8, 4) is 5.75 Å². The van der Waals surface area contributed by atoms with Gasteiger partial charge in [-0.1, -0.05) is 0 Å². The van der Waals surface area contributed by atoms with E-state index in [0.29, 0.717) is 13.0 Å². The summed E-state index contributed by atoms with van der Waals surface area (Å²) in [5.74, 6) is 0.768. The Hall–Kier alpha value is -1.55. The predicted octanol–water partition coefficient (Wildman–Crippen LogP) is 1.60. The zero-order chi connectivity index (χ0) is 12.1. The van der Waals surface area contributed by atoms with E-state index in [4.69, 9.17) is 10.5 Å². The molecule has 0 aromatic heterocycles. The molecule has 0 spiro atoms. The van der Waals surface area contributed by atoms with Crippen LogP contribution in [0.5, 0.6) is 5.75 Å². The smallest absolute Gasteiger partial charge is 0.225 e. The average Bonchev–Trinajstić information content (AvgIpc) is 2.25. The minimum absolute atomic E-state index is 0.0600. The second kappa shape index (κ2) is 5.51. The molecule has 0 aliphatic heterocycles. The molecule has 16 heavy (non-hydrogen) atoms. The lowest BCUT2D eigenvalue weighted by Gasteiger charge is -2.13.